The van der Waals surface area contributed by atoms with Gasteiger partial charge in [0.05, 0.1) is 0 Å². The molecule has 0 unspecified atom stereocenters. The molecule has 0 heterocycles. The molecular weight excluding hydrogens is 204 g/mol. The molecule has 0 bridgehead atoms. The molecule has 0 aliphatic heterocycles. The first-order valence-electron chi connectivity index (χ1n) is 5.36. The second kappa shape index (κ2) is 4.79. The summed E-state index contributed by atoms with van der Waals surface area (Å²) in [6.07, 6.45) is 2.66. The minimum atomic E-state index is 0.0977. The fourth-order valence-electron chi connectivity index (χ4n) is 1.51. The van der Waals surface area contributed by atoms with Crippen LogP contribution in [-0.4, -0.2) is 12.3 Å². The van der Waals surface area contributed by atoms with E-state index in [1.807, 2.05) is 24.3 Å². The summed E-state index contributed by atoms with van der Waals surface area (Å²) in [4.78, 5) is 21.7. The fraction of sp³-hybridized carbons (Fsp3) is 0.333. The number of amides is 2. The first-order valence-corrected chi connectivity index (χ1v) is 5.36. The normalized spacial score (nSPS) is 14.2. The van der Waals surface area contributed by atoms with Gasteiger partial charge in [0.15, 0.2) is 0 Å². The highest BCUT2D eigenvalue weighted by Gasteiger charge is 2.29. The highest BCUT2D eigenvalue weighted by molar-refractivity contribution is 5.94. The van der Waals surface area contributed by atoms with Crippen LogP contribution in [0.5, 0.6) is 0 Å². The maximum Gasteiger partial charge on any atom is 0.227 e. The largest absolute Gasteiger partial charge is 0.355 e. The molecule has 1 aliphatic rings. The Hall–Kier alpha value is -1.84. The van der Waals surface area contributed by atoms with Crippen molar-refractivity contribution in [1.82, 2.24) is 5.32 Å². The zero-order chi connectivity index (χ0) is 11.4. The predicted octanol–water partition coefficient (Wildman–Crippen LogP) is 1.28. The number of carbonyl (C=O) groups excluding carboxylic acids is 2. The van der Waals surface area contributed by atoms with E-state index in [4.69, 9.17) is 0 Å². The van der Waals surface area contributed by atoms with Crippen LogP contribution in [0.25, 0.3) is 0 Å². The standard InChI is InChI=1S/C12H14N2O2/c15-8-13-7-9-2-1-3-11(6-9)14-12(16)10-4-5-10/h1-3,6,8,10H,4-5,7H2,(H,13,15)(H,14,16). The van der Waals surface area contributed by atoms with Gasteiger partial charge in [-0.25, -0.2) is 0 Å². The zero-order valence-corrected chi connectivity index (χ0v) is 8.90. The average molecular weight is 218 g/mol. The molecule has 2 N–H and O–H groups in total. The minimum Gasteiger partial charge on any atom is -0.355 e. The van der Waals surface area contributed by atoms with Crippen LogP contribution in [0.15, 0.2) is 24.3 Å². The Morgan fingerprint density at radius 2 is 2.25 bits per heavy atom. The Kier molecular flexibility index (Phi) is 3.19. The topological polar surface area (TPSA) is 58.2 Å². The van der Waals surface area contributed by atoms with Gasteiger partial charge in [-0.15, -0.1) is 0 Å². The smallest absolute Gasteiger partial charge is 0.227 e. The molecule has 2 rings (SSSR count). The van der Waals surface area contributed by atoms with E-state index in [9.17, 15) is 9.59 Å². The molecule has 1 aromatic carbocycles. The molecule has 0 atom stereocenters. The molecule has 4 nitrogen and oxygen atoms in total. The minimum absolute atomic E-state index is 0.0977. The Bertz CT molecular complexity index is 400. The van der Waals surface area contributed by atoms with Gasteiger partial charge in [-0.3, -0.25) is 9.59 Å². The number of anilines is 1. The van der Waals surface area contributed by atoms with E-state index in [1.54, 1.807) is 0 Å². The van der Waals surface area contributed by atoms with E-state index in [0.717, 1.165) is 24.1 Å². The van der Waals surface area contributed by atoms with E-state index in [1.165, 1.54) is 0 Å². The van der Waals surface area contributed by atoms with Gasteiger partial charge in [0, 0.05) is 18.2 Å². The monoisotopic (exact) mass is 218 g/mol. The van der Waals surface area contributed by atoms with Gasteiger partial charge >= 0.3 is 0 Å². The molecular formula is C12H14N2O2. The highest BCUT2D eigenvalue weighted by atomic mass is 16.2. The maximum absolute atomic E-state index is 11.5. The van der Waals surface area contributed by atoms with Crippen molar-refractivity contribution in [3.8, 4) is 0 Å². The summed E-state index contributed by atoms with van der Waals surface area (Å²) in [7, 11) is 0. The van der Waals surface area contributed by atoms with Gasteiger partial charge < -0.3 is 10.6 Å². The molecule has 2 amide bonds. The number of nitrogens with one attached hydrogen (secondary N) is 2. The molecule has 0 saturated heterocycles. The van der Waals surface area contributed by atoms with Crippen molar-refractivity contribution in [2.75, 3.05) is 5.32 Å². The Morgan fingerprint density at radius 1 is 1.44 bits per heavy atom. The lowest BCUT2D eigenvalue weighted by Gasteiger charge is -2.06. The molecule has 1 saturated carbocycles. The molecule has 0 spiro atoms. The second-order valence-electron chi connectivity index (χ2n) is 3.96. The van der Waals surface area contributed by atoms with E-state index in [0.29, 0.717) is 13.0 Å². The van der Waals surface area contributed by atoms with Crippen LogP contribution in [-0.2, 0) is 16.1 Å². The van der Waals surface area contributed by atoms with Crippen LogP contribution in [0, 0.1) is 5.92 Å². The van der Waals surface area contributed by atoms with Gasteiger partial charge in [-0.1, -0.05) is 12.1 Å². The summed E-state index contributed by atoms with van der Waals surface area (Å²) in [6.45, 7) is 0.483. The van der Waals surface area contributed by atoms with Crippen molar-refractivity contribution in [3.63, 3.8) is 0 Å². The first kappa shape index (κ1) is 10.7. The van der Waals surface area contributed by atoms with E-state index < -0.39 is 0 Å². The van der Waals surface area contributed by atoms with Crippen molar-refractivity contribution in [3.05, 3.63) is 29.8 Å². The lowest BCUT2D eigenvalue weighted by atomic mass is 10.2. The lowest BCUT2D eigenvalue weighted by molar-refractivity contribution is -0.117. The summed E-state index contributed by atoms with van der Waals surface area (Å²) in [5.41, 5.74) is 1.77. The van der Waals surface area contributed by atoms with Crippen molar-refractivity contribution in [2.45, 2.75) is 19.4 Å². The van der Waals surface area contributed by atoms with Crippen LogP contribution >= 0.6 is 0 Å². The summed E-state index contributed by atoms with van der Waals surface area (Å²) in [5, 5.41) is 5.45. The van der Waals surface area contributed by atoms with Crippen LogP contribution < -0.4 is 10.6 Å². The molecule has 1 aliphatic carbocycles. The van der Waals surface area contributed by atoms with E-state index in [-0.39, 0.29) is 11.8 Å². The Balaban J connectivity index is 1.97. The molecule has 1 aromatic rings. The number of carbonyl (C=O) groups is 2. The van der Waals surface area contributed by atoms with E-state index in [2.05, 4.69) is 10.6 Å². The van der Waals surface area contributed by atoms with Gasteiger partial charge in [0.25, 0.3) is 0 Å². The Morgan fingerprint density at radius 3 is 2.94 bits per heavy atom. The van der Waals surface area contributed by atoms with E-state index >= 15 is 0 Å². The summed E-state index contributed by atoms with van der Waals surface area (Å²) >= 11 is 0. The fourth-order valence-corrected chi connectivity index (χ4v) is 1.51. The van der Waals surface area contributed by atoms with Crippen molar-refractivity contribution in [2.24, 2.45) is 5.92 Å². The third-order valence-corrected chi connectivity index (χ3v) is 2.53. The molecule has 4 heteroatoms. The van der Waals surface area contributed by atoms with Crippen molar-refractivity contribution < 1.29 is 9.59 Å². The van der Waals surface area contributed by atoms with Gasteiger partial charge in [0.1, 0.15) is 0 Å². The molecule has 0 aromatic heterocycles. The maximum atomic E-state index is 11.5. The number of benzene rings is 1. The van der Waals surface area contributed by atoms with Crippen LogP contribution in [0.3, 0.4) is 0 Å². The predicted molar refractivity (Wildman–Crippen MR) is 60.7 cm³/mol. The Labute approximate surface area is 94.0 Å². The molecule has 1 fully saturated rings. The lowest BCUT2D eigenvalue weighted by Crippen LogP contribution is -2.14. The number of rotatable bonds is 5. The molecule has 0 radical (unpaired) electrons. The SMILES string of the molecule is O=CNCc1cccc(NC(=O)C2CC2)c1. The first-order chi connectivity index (χ1) is 7.79. The van der Waals surface area contributed by atoms with Crippen LogP contribution in [0.2, 0.25) is 0 Å². The zero-order valence-electron chi connectivity index (χ0n) is 8.90. The third kappa shape index (κ3) is 2.82. The van der Waals surface area contributed by atoms with Gasteiger partial charge in [-0.05, 0) is 30.5 Å². The third-order valence-electron chi connectivity index (χ3n) is 2.53. The van der Waals surface area contributed by atoms with Crippen LogP contribution in [0.1, 0.15) is 18.4 Å². The molecule has 16 heavy (non-hydrogen) atoms. The highest BCUT2D eigenvalue weighted by Crippen LogP contribution is 2.30. The summed E-state index contributed by atoms with van der Waals surface area (Å²) in [5.74, 6) is 0.303. The van der Waals surface area contributed by atoms with Crippen molar-refractivity contribution in [1.29, 1.82) is 0 Å². The van der Waals surface area contributed by atoms with Gasteiger partial charge in [0.2, 0.25) is 12.3 Å². The summed E-state index contributed by atoms with van der Waals surface area (Å²) in [6, 6.07) is 7.50. The number of hydrogen-bond acceptors (Lipinski definition) is 2. The second-order valence-corrected chi connectivity index (χ2v) is 3.96. The number of hydrogen-bond donors (Lipinski definition) is 2. The quantitative estimate of drug-likeness (QED) is 0.731. The molecule has 84 valence electrons. The van der Waals surface area contributed by atoms with Gasteiger partial charge in [-0.2, -0.15) is 0 Å². The van der Waals surface area contributed by atoms with Crippen LogP contribution in [0.4, 0.5) is 5.69 Å². The summed E-state index contributed by atoms with van der Waals surface area (Å²) < 4.78 is 0. The average Bonchev–Trinajstić information content (AvgIpc) is 3.10. The van der Waals surface area contributed by atoms with Crippen molar-refractivity contribution >= 4 is 18.0 Å².